The van der Waals surface area contributed by atoms with Crippen LogP contribution in [0.2, 0.25) is 0 Å². The molecule has 0 saturated heterocycles. The average Bonchev–Trinajstić information content (AvgIpc) is 2.99. The van der Waals surface area contributed by atoms with Crippen LogP contribution < -0.4 is 4.90 Å². The number of hydrogen-bond acceptors (Lipinski definition) is 3. The van der Waals surface area contributed by atoms with Crippen LogP contribution in [0.4, 0.5) is 5.69 Å². The fourth-order valence-electron chi connectivity index (χ4n) is 3.72. The Bertz CT molecular complexity index is 1170. The molecule has 3 amide bonds. The van der Waals surface area contributed by atoms with E-state index in [1.54, 1.807) is 24.1 Å². The molecule has 1 aliphatic heterocycles. The summed E-state index contributed by atoms with van der Waals surface area (Å²) in [5.74, 6) is -0.933. The highest BCUT2D eigenvalue weighted by Gasteiger charge is 2.36. The zero-order valence-electron chi connectivity index (χ0n) is 17.2. The summed E-state index contributed by atoms with van der Waals surface area (Å²) in [6.07, 6.45) is 0. The Morgan fingerprint density at radius 1 is 0.867 bits per heavy atom. The Kier molecular flexibility index (Phi) is 4.96. The number of amides is 3. The van der Waals surface area contributed by atoms with Crippen LogP contribution in [0.3, 0.4) is 0 Å². The van der Waals surface area contributed by atoms with Gasteiger partial charge in [0.05, 0.1) is 17.7 Å². The summed E-state index contributed by atoms with van der Waals surface area (Å²) in [6, 6.07) is 20.0. The van der Waals surface area contributed by atoms with E-state index in [1.165, 1.54) is 11.0 Å². The lowest BCUT2D eigenvalue weighted by Crippen LogP contribution is -2.29. The number of anilines is 1. The van der Waals surface area contributed by atoms with Crippen molar-refractivity contribution >= 4 is 23.4 Å². The van der Waals surface area contributed by atoms with Crippen LogP contribution in [0, 0.1) is 13.8 Å². The van der Waals surface area contributed by atoms with E-state index in [0.29, 0.717) is 11.1 Å². The van der Waals surface area contributed by atoms with E-state index in [-0.39, 0.29) is 29.8 Å². The molecule has 0 aromatic heterocycles. The summed E-state index contributed by atoms with van der Waals surface area (Å²) < 4.78 is 0. The van der Waals surface area contributed by atoms with Crippen molar-refractivity contribution in [3.8, 4) is 0 Å². The third-order valence-corrected chi connectivity index (χ3v) is 5.43. The maximum absolute atomic E-state index is 13.1. The van der Waals surface area contributed by atoms with Gasteiger partial charge >= 0.3 is 0 Å². The maximum atomic E-state index is 13.1. The van der Waals surface area contributed by atoms with Crippen molar-refractivity contribution in [2.75, 3.05) is 11.9 Å². The second kappa shape index (κ2) is 7.59. The van der Waals surface area contributed by atoms with Gasteiger partial charge in [0.1, 0.15) is 0 Å². The minimum absolute atomic E-state index is 0.207. The summed E-state index contributed by atoms with van der Waals surface area (Å²) in [6.45, 7) is 4.13. The molecule has 3 aromatic rings. The monoisotopic (exact) mass is 398 g/mol. The maximum Gasteiger partial charge on any atom is 0.261 e. The zero-order chi connectivity index (χ0) is 21.4. The standard InChI is InChI=1S/C25H22N2O3/c1-16-9-10-17(2)22(13-16)26(3)23(28)19-11-12-20-21(14-19)25(30)27(24(20)29)15-18-7-5-4-6-8-18/h4-14H,15H2,1-3H3. The van der Waals surface area contributed by atoms with Crippen LogP contribution in [0.1, 0.15) is 47.8 Å². The van der Waals surface area contributed by atoms with Crippen LogP contribution in [-0.4, -0.2) is 29.7 Å². The summed E-state index contributed by atoms with van der Waals surface area (Å²) >= 11 is 0. The van der Waals surface area contributed by atoms with Crippen molar-refractivity contribution in [1.82, 2.24) is 4.90 Å². The van der Waals surface area contributed by atoms with Gasteiger partial charge in [0.25, 0.3) is 17.7 Å². The Morgan fingerprint density at radius 2 is 1.57 bits per heavy atom. The van der Waals surface area contributed by atoms with Gasteiger partial charge in [0.15, 0.2) is 0 Å². The minimum Gasteiger partial charge on any atom is -0.311 e. The smallest absolute Gasteiger partial charge is 0.261 e. The van der Waals surface area contributed by atoms with Crippen molar-refractivity contribution in [2.24, 2.45) is 0 Å². The molecule has 3 aromatic carbocycles. The Morgan fingerprint density at radius 3 is 2.30 bits per heavy atom. The van der Waals surface area contributed by atoms with E-state index in [2.05, 4.69) is 0 Å². The van der Waals surface area contributed by atoms with Gasteiger partial charge in [-0.2, -0.15) is 0 Å². The summed E-state index contributed by atoms with van der Waals surface area (Å²) in [4.78, 5) is 41.5. The third kappa shape index (κ3) is 3.39. The van der Waals surface area contributed by atoms with E-state index in [0.717, 1.165) is 22.4 Å². The van der Waals surface area contributed by atoms with Crippen molar-refractivity contribution in [3.63, 3.8) is 0 Å². The van der Waals surface area contributed by atoms with Crippen molar-refractivity contribution in [2.45, 2.75) is 20.4 Å². The largest absolute Gasteiger partial charge is 0.311 e. The van der Waals surface area contributed by atoms with E-state index in [4.69, 9.17) is 0 Å². The molecular weight excluding hydrogens is 376 g/mol. The predicted molar refractivity (Wildman–Crippen MR) is 116 cm³/mol. The van der Waals surface area contributed by atoms with E-state index in [9.17, 15) is 14.4 Å². The molecule has 0 N–H and O–H groups in total. The third-order valence-electron chi connectivity index (χ3n) is 5.43. The normalized spacial score (nSPS) is 12.8. The Hall–Kier alpha value is -3.73. The summed E-state index contributed by atoms with van der Waals surface area (Å²) in [5, 5.41) is 0. The van der Waals surface area contributed by atoms with Crippen LogP contribution in [0.25, 0.3) is 0 Å². The topological polar surface area (TPSA) is 57.7 Å². The quantitative estimate of drug-likeness (QED) is 0.613. The molecule has 0 atom stereocenters. The molecule has 0 aliphatic carbocycles. The second-order valence-corrected chi connectivity index (χ2v) is 7.60. The van der Waals surface area contributed by atoms with Gasteiger partial charge < -0.3 is 4.90 Å². The molecule has 30 heavy (non-hydrogen) atoms. The van der Waals surface area contributed by atoms with Crippen LogP contribution in [0.15, 0.2) is 66.7 Å². The Balaban J connectivity index is 1.62. The SMILES string of the molecule is Cc1ccc(C)c(N(C)C(=O)c2ccc3c(c2)C(=O)N(Cc2ccccc2)C3=O)c1. The molecule has 0 unspecified atom stereocenters. The first-order valence-corrected chi connectivity index (χ1v) is 9.76. The molecule has 1 heterocycles. The van der Waals surface area contributed by atoms with Crippen molar-refractivity contribution in [1.29, 1.82) is 0 Å². The highest BCUT2D eigenvalue weighted by molar-refractivity contribution is 6.22. The van der Waals surface area contributed by atoms with Gasteiger partial charge in [0, 0.05) is 18.3 Å². The number of hydrogen-bond donors (Lipinski definition) is 0. The lowest BCUT2D eigenvalue weighted by Gasteiger charge is -2.20. The number of carbonyl (C=O) groups is 3. The first-order valence-electron chi connectivity index (χ1n) is 9.76. The van der Waals surface area contributed by atoms with E-state index >= 15 is 0 Å². The number of rotatable bonds is 4. The van der Waals surface area contributed by atoms with Gasteiger partial charge in [-0.3, -0.25) is 19.3 Å². The molecule has 0 spiro atoms. The van der Waals surface area contributed by atoms with Gasteiger partial charge in [-0.05, 0) is 54.8 Å². The lowest BCUT2D eigenvalue weighted by atomic mass is 10.0. The van der Waals surface area contributed by atoms with Crippen LogP contribution >= 0.6 is 0 Å². The number of carbonyl (C=O) groups excluding carboxylic acids is 3. The van der Waals surface area contributed by atoms with E-state index < -0.39 is 0 Å². The number of benzene rings is 3. The number of fused-ring (bicyclic) bond motifs is 1. The molecule has 0 radical (unpaired) electrons. The highest BCUT2D eigenvalue weighted by atomic mass is 16.2. The zero-order valence-corrected chi connectivity index (χ0v) is 17.2. The molecule has 5 heteroatoms. The lowest BCUT2D eigenvalue weighted by molar-refractivity contribution is 0.0642. The van der Waals surface area contributed by atoms with Crippen LogP contribution in [0.5, 0.6) is 0 Å². The van der Waals surface area contributed by atoms with Crippen LogP contribution in [-0.2, 0) is 6.54 Å². The molecule has 150 valence electrons. The minimum atomic E-state index is -0.372. The molecule has 1 aliphatic rings. The summed E-state index contributed by atoms with van der Waals surface area (Å²) in [7, 11) is 1.71. The van der Waals surface area contributed by atoms with Crippen molar-refractivity contribution in [3.05, 3.63) is 100 Å². The van der Waals surface area contributed by atoms with Crippen molar-refractivity contribution < 1.29 is 14.4 Å². The van der Waals surface area contributed by atoms with E-state index in [1.807, 2.05) is 62.4 Å². The first kappa shape index (κ1) is 19.6. The average molecular weight is 398 g/mol. The van der Waals surface area contributed by atoms with Gasteiger partial charge in [0.2, 0.25) is 0 Å². The molecule has 0 bridgehead atoms. The molecular formula is C25H22N2O3. The molecule has 0 saturated carbocycles. The number of nitrogens with zero attached hydrogens (tertiary/aromatic N) is 2. The molecule has 4 rings (SSSR count). The predicted octanol–water partition coefficient (Wildman–Crippen LogP) is 4.38. The number of imide groups is 1. The van der Waals surface area contributed by atoms with Gasteiger partial charge in [-0.1, -0.05) is 42.5 Å². The summed E-state index contributed by atoms with van der Waals surface area (Å²) in [5.41, 5.74) is 4.71. The molecule has 5 nitrogen and oxygen atoms in total. The number of aryl methyl sites for hydroxylation is 2. The first-order chi connectivity index (χ1) is 14.4. The second-order valence-electron chi connectivity index (χ2n) is 7.60. The fourth-order valence-corrected chi connectivity index (χ4v) is 3.72. The Labute approximate surface area is 175 Å². The highest BCUT2D eigenvalue weighted by Crippen LogP contribution is 2.27. The van der Waals surface area contributed by atoms with Gasteiger partial charge in [-0.25, -0.2) is 0 Å². The molecule has 0 fully saturated rings. The fraction of sp³-hybridized carbons (Fsp3) is 0.160. The van der Waals surface area contributed by atoms with Gasteiger partial charge in [-0.15, -0.1) is 0 Å².